The fraction of sp³-hybridized carbons (Fsp3) is 0.118. The zero-order valence-corrected chi connectivity index (χ0v) is 11.5. The second-order valence-electron chi connectivity index (χ2n) is 5.25. The molecule has 0 spiro atoms. The van der Waals surface area contributed by atoms with Gasteiger partial charge in [-0.3, -0.25) is 5.10 Å². The summed E-state index contributed by atoms with van der Waals surface area (Å²) in [6.07, 6.45) is 1.80. The van der Waals surface area contributed by atoms with Crippen LogP contribution in [0.5, 0.6) is 0 Å². The molecule has 3 nitrogen and oxygen atoms in total. The average Bonchev–Trinajstić information content (AvgIpc) is 3.08. The molecule has 0 saturated carbocycles. The monoisotopic (exact) mass is 279 g/mol. The standard InChI is InChI=1S/C17H14FN3/c1-11(12-5-3-2-4-6-12)21-15-8-7-13(18)9-14(15)17-16(21)10-19-20-17/h2-11H,1H3,(H,19,20). The third kappa shape index (κ3) is 1.76. The quantitative estimate of drug-likeness (QED) is 0.584. The summed E-state index contributed by atoms with van der Waals surface area (Å²) in [7, 11) is 0. The van der Waals surface area contributed by atoms with Crippen molar-refractivity contribution in [3.63, 3.8) is 0 Å². The molecule has 21 heavy (non-hydrogen) atoms. The van der Waals surface area contributed by atoms with E-state index in [1.807, 2.05) is 24.3 Å². The maximum absolute atomic E-state index is 13.6. The summed E-state index contributed by atoms with van der Waals surface area (Å²) in [6, 6.07) is 15.3. The van der Waals surface area contributed by atoms with E-state index in [4.69, 9.17) is 0 Å². The highest BCUT2D eigenvalue weighted by Gasteiger charge is 2.18. The molecule has 1 atom stereocenters. The van der Waals surface area contributed by atoms with Gasteiger partial charge in [0.05, 0.1) is 28.8 Å². The van der Waals surface area contributed by atoms with E-state index in [2.05, 4.69) is 33.8 Å². The molecule has 0 aliphatic rings. The summed E-state index contributed by atoms with van der Waals surface area (Å²) < 4.78 is 15.8. The molecule has 4 heteroatoms. The van der Waals surface area contributed by atoms with Crippen molar-refractivity contribution in [3.8, 4) is 0 Å². The van der Waals surface area contributed by atoms with Crippen molar-refractivity contribution in [2.75, 3.05) is 0 Å². The SMILES string of the molecule is CC(c1ccccc1)n1c2ccc(F)cc2c2[nH]ncc21. The van der Waals surface area contributed by atoms with Crippen LogP contribution in [-0.4, -0.2) is 14.8 Å². The Kier molecular flexibility index (Phi) is 2.57. The molecule has 4 rings (SSSR count). The lowest BCUT2D eigenvalue weighted by Gasteiger charge is -2.16. The smallest absolute Gasteiger partial charge is 0.124 e. The molecule has 104 valence electrons. The Morgan fingerprint density at radius 1 is 1.10 bits per heavy atom. The van der Waals surface area contributed by atoms with Crippen LogP contribution in [0.2, 0.25) is 0 Å². The molecule has 0 bridgehead atoms. The molecule has 0 fully saturated rings. The van der Waals surface area contributed by atoms with E-state index in [-0.39, 0.29) is 11.9 Å². The van der Waals surface area contributed by atoms with E-state index in [1.54, 1.807) is 12.3 Å². The van der Waals surface area contributed by atoms with Gasteiger partial charge in [0.25, 0.3) is 0 Å². The van der Waals surface area contributed by atoms with Gasteiger partial charge in [0.2, 0.25) is 0 Å². The third-order valence-electron chi connectivity index (χ3n) is 4.04. The number of aromatic nitrogens is 3. The fourth-order valence-electron chi connectivity index (χ4n) is 3.01. The lowest BCUT2D eigenvalue weighted by molar-refractivity contribution is 0.629. The Bertz CT molecular complexity index is 921. The Hall–Kier alpha value is -2.62. The molecular formula is C17H14FN3. The van der Waals surface area contributed by atoms with Crippen LogP contribution in [0.1, 0.15) is 18.5 Å². The average molecular weight is 279 g/mol. The van der Waals surface area contributed by atoms with Crippen molar-refractivity contribution in [1.82, 2.24) is 14.8 Å². The minimum absolute atomic E-state index is 0.147. The first kappa shape index (κ1) is 12.1. The number of fused-ring (bicyclic) bond motifs is 3. The van der Waals surface area contributed by atoms with Crippen LogP contribution in [0.4, 0.5) is 4.39 Å². The van der Waals surface area contributed by atoms with Crippen LogP contribution in [-0.2, 0) is 0 Å². The summed E-state index contributed by atoms with van der Waals surface area (Å²) in [5, 5.41) is 7.95. The lowest BCUT2D eigenvalue weighted by atomic mass is 10.1. The molecule has 0 aliphatic carbocycles. The number of hydrogen-bond acceptors (Lipinski definition) is 1. The van der Waals surface area contributed by atoms with Crippen LogP contribution in [0, 0.1) is 5.82 Å². The summed E-state index contributed by atoms with van der Waals surface area (Å²) in [6.45, 7) is 2.14. The molecule has 2 aromatic heterocycles. The Balaban J connectivity index is 2.04. The van der Waals surface area contributed by atoms with Gasteiger partial charge in [-0.05, 0) is 30.7 Å². The first-order valence-electron chi connectivity index (χ1n) is 6.93. The summed E-state index contributed by atoms with van der Waals surface area (Å²) in [5.74, 6) is -0.233. The number of hydrogen-bond donors (Lipinski definition) is 1. The molecule has 2 heterocycles. The molecule has 0 saturated heterocycles. The van der Waals surface area contributed by atoms with Crippen molar-refractivity contribution in [2.24, 2.45) is 0 Å². The van der Waals surface area contributed by atoms with Crippen molar-refractivity contribution >= 4 is 21.9 Å². The van der Waals surface area contributed by atoms with Gasteiger partial charge < -0.3 is 4.57 Å². The molecular weight excluding hydrogens is 265 g/mol. The van der Waals surface area contributed by atoms with Gasteiger partial charge in [-0.25, -0.2) is 4.39 Å². The molecule has 1 unspecified atom stereocenters. The summed E-state index contributed by atoms with van der Waals surface area (Å²) >= 11 is 0. The van der Waals surface area contributed by atoms with Crippen molar-refractivity contribution < 1.29 is 4.39 Å². The lowest BCUT2D eigenvalue weighted by Crippen LogP contribution is -2.05. The molecule has 2 aromatic carbocycles. The minimum Gasteiger partial charge on any atom is -0.330 e. The second-order valence-corrected chi connectivity index (χ2v) is 5.25. The maximum atomic E-state index is 13.6. The molecule has 1 N–H and O–H groups in total. The molecule has 0 radical (unpaired) electrons. The highest BCUT2D eigenvalue weighted by Crippen LogP contribution is 2.33. The van der Waals surface area contributed by atoms with Crippen LogP contribution >= 0.6 is 0 Å². The molecule has 0 aliphatic heterocycles. The first-order valence-corrected chi connectivity index (χ1v) is 6.93. The van der Waals surface area contributed by atoms with Gasteiger partial charge in [-0.2, -0.15) is 5.10 Å². The third-order valence-corrected chi connectivity index (χ3v) is 4.04. The number of rotatable bonds is 2. The van der Waals surface area contributed by atoms with Gasteiger partial charge in [0, 0.05) is 5.39 Å². The summed E-state index contributed by atoms with van der Waals surface area (Å²) in [5.41, 5.74) is 4.09. The number of benzene rings is 2. The van der Waals surface area contributed by atoms with Gasteiger partial charge in [0.15, 0.2) is 0 Å². The Morgan fingerprint density at radius 2 is 1.90 bits per heavy atom. The van der Waals surface area contributed by atoms with Crippen molar-refractivity contribution in [1.29, 1.82) is 0 Å². The van der Waals surface area contributed by atoms with E-state index >= 15 is 0 Å². The number of aromatic amines is 1. The Morgan fingerprint density at radius 3 is 2.71 bits per heavy atom. The van der Waals surface area contributed by atoms with Crippen molar-refractivity contribution in [2.45, 2.75) is 13.0 Å². The Labute approximate surface area is 121 Å². The highest BCUT2D eigenvalue weighted by atomic mass is 19.1. The van der Waals surface area contributed by atoms with Crippen LogP contribution < -0.4 is 0 Å². The van der Waals surface area contributed by atoms with E-state index in [1.165, 1.54) is 11.6 Å². The topological polar surface area (TPSA) is 33.6 Å². The maximum Gasteiger partial charge on any atom is 0.124 e. The molecule has 4 aromatic rings. The van der Waals surface area contributed by atoms with Crippen molar-refractivity contribution in [3.05, 3.63) is 66.1 Å². The second kappa shape index (κ2) is 4.45. The zero-order chi connectivity index (χ0) is 14.4. The fourth-order valence-corrected chi connectivity index (χ4v) is 3.01. The minimum atomic E-state index is -0.233. The predicted octanol–water partition coefficient (Wildman–Crippen LogP) is 4.27. The first-order chi connectivity index (χ1) is 10.3. The number of nitrogens with zero attached hydrogens (tertiary/aromatic N) is 2. The highest BCUT2D eigenvalue weighted by molar-refractivity contribution is 6.05. The number of nitrogens with one attached hydrogen (secondary N) is 1. The molecule has 0 amide bonds. The van der Waals surface area contributed by atoms with E-state index < -0.39 is 0 Å². The zero-order valence-electron chi connectivity index (χ0n) is 11.5. The van der Waals surface area contributed by atoms with Crippen LogP contribution in [0.15, 0.2) is 54.7 Å². The summed E-state index contributed by atoms with van der Waals surface area (Å²) in [4.78, 5) is 0. The van der Waals surface area contributed by atoms with Gasteiger partial charge in [-0.15, -0.1) is 0 Å². The van der Waals surface area contributed by atoms with Crippen LogP contribution in [0.25, 0.3) is 21.9 Å². The van der Waals surface area contributed by atoms with Gasteiger partial charge >= 0.3 is 0 Å². The van der Waals surface area contributed by atoms with E-state index in [9.17, 15) is 4.39 Å². The van der Waals surface area contributed by atoms with E-state index in [0.717, 1.165) is 21.9 Å². The normalized spacial score (nSPS) is 13.0. The van der Waals surface area contributed by atoms with Crippen LogP contribution in [0.3, 0.4) is 0 Å². The number of H-pyrrole nitrogens is 1. The van der Waals surface area contributed by atoms with Gasteiger partial charge in [-0.1, -0.05) is 30.3 Å². The largest absolute Gasteiger partial charge is 0.330 e. The number of halogens is 1. The van der Waals surface area contributed by atoms with Gasteiger partial charge in [0.1, 0.15) is 5.82 Å². The predicted molar refractivity (Wildman–Crippen MR) is 81.8 cm³/mol. The van der Waals surface area contributed by atoms with E-state index in [0.29, 0.717) is 0 Å².